The number of likely N-dealkylation sites (N-methyl/N-ethyl adjacent to an activating group) is 1. The number of halogens is 2. The largest absolute Gasteiger partial charge is 0.349 e. The number of carbonyl (C=O) groups is 2. The number of hydrogen-bond donors (Lipinski definition) is 2. The minimum absolute atomic E-state index is 0.0255. The van der Waals surface area contributed by atoms with Gasteiger partial charge in [0.15, 0.2) is 0 Å². The molecular formula is C22H26Cl2N6O2. The summed E-state index contributed by atoms with van der Waals surface area (Å²) in [6, 6.07) is 6.98. The van der Waals surface area contributed by atoms with Gasteiger partial charge < -0.3 is 10.6 Å². The average Bonchev–Trinajstić information content (AvgIpc) is 2.74. The molecule has 0 aliphatic rings. The summed E-state index contributed by atoms with van der Waals surface area (Å²) in [6.07, 6.45) is 2.14. The third-order valence-corrected chi connectivity index (χ3v) is 5.45. The molecule has 0 saturated carbocycles. The molecule has 0 fully saturated rings. The van der Waals surface area contributed by atoms with E-state index < -0.39 is 12.1 Å². The number of nitrogens with zero attached hydrogens (tertiary/aromatic N) is 4. The fourth-order valence-corrected chi connectivity index (χ4v) is 3.73. The van der Waals surface area contributed by atoms with E-state index in [0.29, 0.717) is 27.7 Å². The molecule has 0 bridgehead atoms. The van der Waals surface area contributed by atoms with Crippen LogP contribution in [-0.4, -0.2) is 46.8 Å². The SMILES string of the molecule is CC[C@H](C)[C@H](NC(=O)C(c1cc(Cl)cc(Cl)c1)N(C)C)C(=O)NCc1ccnc(C#N)n1. The molecule has 170 valence electrons. The van der Waals surface area contributed by atoms with Gasteiger partial charge in [0, 0.05) is 16.2 Å². The molecule has 2 rings (SSSR count). The van der Waals surface area contributed by atoms with Crippen LogP contribution in [0.5, 0.6) is 0 Å². The highest BCUT2D eigenvalue weighted by Crippen LogP contribution is 2.26. The van der Waals surface area contributed by atoms with E-state index in [-0.39, 0.29) is 30.1 Å². The van der Waals surface area contributed by atoms with E-state index in [9.17, 15) is 9.59 Å². The Morgan fingerprint density at radius 1 is 1.19 bits per heavy atom. The summed E-state index contributed by atoms with van der Waals surface area (Å²) in [6.45, 7) is 3.95. The Kier molecular flexibility index (Phi) is 9.39. The normalized spacial score (nSPS) is 13.7. The predicted molar refractivity (Wildman–Crippen MR) is 123 cm³/mol. The molecular weight excluding hydrogens is 451 g/mol. The Morgan fingerprint density at radius 2 is 1.84 bits per heavy atom. The Hall–Kier alpha value is -2.73. The van der Waals surface area contributed by atoms with Gasteiger partial charge in [-0.1, -0.05) is 43.5 Å². The summed E-state index contributed by atoms with van der Waals surface area (Å²) < 4.78 is 0. The summed E-state index contributed by atoms with van der Waals surface area (Å²) >= 11 is 12.2. The van der Waals surface area contributed by atoms with Crippen LogP contribution in [0.25, 0.3) is 0 Å². The van der Waals surface area contributed by atoms with E-state index in [2.05, 4.69) is 20.6 Å². The summed E-state index contributed by atoms with van der Waals surface area (Å²) in [7, 11) is 3.53. The van der Waals surface area contributed by atoms with Crippen molar-refractivity contribution in [2.24, 2.45) is 5.92 Å². The fraction of sp³-hybridized carbons (Fsp3) is 0.409. The van der Waals surface area contributed by atoms with E-state index in [1.807, 2.05) is 19.9 Å². The molecule has 3 atom stereocenters. The first-order valence-corrected chi connectivity index (χ1v) is 10.8. The van der Waals surface area contributed by atoms with Crippen LogP contribution >= 0.6 is 23.2 Å². The van der Waals surface area contributed by atoms with Gasteiger partial charge in [0.05, 0.1) is 12.2 Å². The van der Waals surface area contributed by atoms with Crippen molar-refractivity contribution in [3.8, 4) is 6.07 Å². The van der Waals surface area contributed by atoms with Gasteiger partial charge in [-0.25, -0.2) is 9.97 Å². The van der Waals surface area contributed by atoms with E-state index in [1.54, 1.807) is 43.3 Å². The van der Waals surface area contributed by atoms with Gasteiger partial charge in [0.1, 0.15) is 18.2 Å². The standard InChI is InChI=1S/C22H26Cl2N6O2/c1-5-13(2)19(21(31)27-12-17-6-7-26-18(11-25)28-17)29-22(32)20(30(3)4)14-8-15(23)10-16(24)9-14/h6-10,13,19-20H,5,12H2,1-4H3,(H,27,31)(H,29,32)/t13-,19-,20?/m0/s1. The van der Waals surface area contributed by atoms with Crippen molar-refractivity contribution in [1.82, 2.24) is 25.5 Å². The zero-order valence-electron chi connectivity index (χ0n) is 18.4. The van der Waals surface area contributed by atoms with Crippen molar-refractivity contribution in [2.75, 3.05) is 14.1 Å². The first kappa shape index (κ1) is 25.5. The van der Waals surface area contributed by atoms with Crippen LogP contribution < -0.4 is 10.6 Å². The fourth-order valence-electron chi connectivity index (χ4n) is 3.19. The molecule has 2 aromatic rings. The highest BCUT2D eigenvalue weighted by atomic mass is 35.5. The molecule has 1 unspecified atom stereocenters. The monoisotopic (exact) mass is 476 g/mol. The Balaban J connectivity index is 2.19. The van der Waals surface area contributed by atoms with Crippen molar-refractivity contribution in [1.29, 1.82) is 5.26 Å². The number of rotatable bonds is 9. The van der Waals surface area contributed by atoms with Crippen LogP contribution in [-0.2, 0) is 16.1 Å². The highest BCUT2D eigenvalue weighted by molar-refractivity contribution is 6.34. The molecule has 1 aromatic carbocycles. The second-order valence-corrected chi connectivity index (χ2v) is 8.51. The van der Waals surface area contributed by atoms with Gasteiger partial charge in [-0.05, 0) is 49.8 Å². The molecule has 0 spiro atoms. The Morgan fingerprint density at radius 3 is 2.41 bits per heavy atom. The van der Waals surface area contributed by atoms with Crippen LogP contribution in [0.3, 0.4) is 0 Å². The zero-order valence-corrected chi connectivity index (χ0v) is 19.9. The van der Waals surface area contributed by atoms with Crippen LogP contribution in [0.15, 0.2) is 30.5 Å². The first-order valence-electron chi connectivity index (χ1n) is 10.1. The second-order valence-electron chi connectivity index (χ2n) is 7.64. The zero-order chi connectivity index (χ0) is 23.8. The lowest BCUT2D eigenvalue weighted by Gasteiger charge is -2.29. The number of nitriles is 1. The number of hydrogen-bond acceptors (Lipinski definition) is 6. The second kappa shape index (κ2) is 11.8. The third-order valence-electron chi connectivity index (χ3n) is 5.02. The van der Waals surface area contributed by atoms with E-state index in [0.717, 1.165) is 0 Å². The molecule has 0 saturated heterocycles. The van der Waals surface area contributed by atoms with Gasteiger partial charge in [-0.3, -0.25) is 14.5 Å². The number of nitrogens with one attached hydrogen (secondary N) is 2. The van der Waals surface area contributed by atoms with Gasteiger partial charge in [-0.2, -0.15) is 5.26 Å². The molecule has 0 radical (unpaired) electrons. The maximum Gasteiger partial charge on any atom is 0.243 e. The average molecular weight is 477 g/mol. The van der Waals surface area contributed by atoms with Crippen LogP contribution in [0.1, 0.15) is 43.4 Å². The molecule has 2 amide bonds. The number of carbonyl (C=O) groups excluding carboxylic acids is 2. The molecule has 10 heteroatoms. The lowest BCUT2D eigenvalue weighted by atomic mass is 9.97. The lowest BCUT2D eigenvalue weighted by Crippen LogP contribution is -2.52. The molecule has 1 aromatic heterocycles. The molecule has 32 heavy (non-hydrogen) atoms. The van der Waals surface area contributed by atoms with Gasteiger partial charge in [0.25, 0.3) is 0 Å². The van der Waals surface area contributed by atoms with Crippen molar-refractivity contribution in [2.45, 2.75) is 38.9 Å². The molecule has 8 nitrogen and oxygen atoms in total. The van der Waals surface area contributed by atoms with E-state index >= 15 is 0 Å². The number of amides is 2. The molecule has 0 aliphatic carbocycles. The minimum atomic E-state index is -0.762. The van der Waals surface area contributed by atoms with Crippen LogP contribution in [0.4, 0.5) is 0 Å². The Bertz CT molecular complexity index is 988. The topological polar surface area (TPSA) is 111 Å². The van der Waals surface area contributed by atoms with Crippen molar-refractivity contribution in [3.05, 3.63) is 57.6 Å². The van der Waals surface area contributed by atoms with Gasteiger partial charge in [0.2, 0.25) is 17.6 Å². The minimum Gasteiger partial charge on any atom is -0.349 e. The van der Waals surface area contributed by atoms with Crippen molar-refractivity contribution in [3.63, 3.8) is 0 Å². The van der Waals surface area contributed by atoms with Crippen LogP contribution in [0.2, 0.25) is 10.0 Å². The number of benzene rings is 1. The third kappa shape index (κ3) is 6.89. The Labute approximate surface area is 197 Å². The quantitative estimate of drug-likeness (QED) is 0.574. The molecule has 2 N–H and O–H groups in total. The maximum atomic E-state index is 13.2. The van der Waals surface area contributed by atoms with Crippen molar-refractivity contribution < 1.29 is 9.59 Å². The number of aromatic nitrogens is 2. The first-order chi connectivity index (χ1) is 15.2. The van der Waals surface area contributed by atoms with Crippen LogP contribution in [0, 0.1) is 17.2 Å². The molecule has 0 aliphatic heterocycles. The smallest absolute Gasteiger partial charge is 0.243 e. The summed E-state index contributed by atoms with van der Waals surface area (Å²) in [5.74, 6) is -0.781. The van der Waals surface area contributed by atoms with Gasteiger partial charge >= 0.3 is 0 Å². The van der Waals surface area contributed by atoms with E-state index in [1.165, 1.54) is 6.20 Å². The van der Waals surface area contributed by atoms with Crippen molar-refractivity contribution >= 4 is 35.0 Å². The summed E-state index contributed by atoms with van der Waals surface area (Å²) in [5, 5.41) is 15.4. The van der Waals surface area contributed by atoms with E-state index in [4.69, 9.17) is 28.5 Å². The van der Waals surface area contributed by atoms with Gasteiger partial charge in [-0.15, -0.1) is 0 Å². The lowest BCUT2D eigenvalue weighted by molar-refractivity contribution is -0.132. The maximum absolute atomic E-state index is 13.2. The summed E-state index contributed by atoms with van der Waals surface area (Å²) in [4.78, 5) is 35.8. The molecule has 1 heterocycles. The summed E-state index contributed by atoms with van der Waals surface area (Å²) in [5.41, 5.74) is 1.12. The highest BCUT2D eigenvalue weighted by Gasteiger charge is 2.31. The predicted octanol–water partition coefficient (Wildman–Crippen LogP) is 3.11.